The third-order valence-electron chi connectivity index (χ3n) is 5.02. The maximum atomic E-state index is 5.33. The van der Waals surface area contributed by atoms with Gasteiger partial charge >= 0.3 is 0 Å². The number of hydrogen-bond acceptors (Lipinski definition) is 6. The number of methoxy groups -OCH3 is 1. The number of benzene rings is 2. The molecule has 2 aliphatic rings. The van der Waals surface area contributed by atoms with E-state index in [9.17, 15) is 0 Å². The normalized spacial score (nSPS) is 14.2. The molecule has 0 radical (unpaired) electrons. The molecule has 1 N–H and O–H groups in total. The van der Waals surface area contributed by atoms with Gasteiger partial charge in [0, 0.05) is 31.1 Å². The molecule has 1 aromatic heterocycles. The van der Waals surface area contributed by atoms with Crippen LogP contribution in [0.3, 0.4) is 0 Å². The predicted octanol–water partition coefficient (Wildman–Crippen LogP) is 3.68. The molecular weight excluding hydrogens is 338 g/mol. The topological polar surface area (TPSA) is 62.6 Å². The van der Waals surface area contributed by atoms with E-state index in [2.05, 4.69) is 55.5 Å². The Morgan fingerprint density at radius 3 is 2.78 bits per heavy atom. The number of fused-ring (bicyclic) bond motifs is 2. The van der Waals surface area contributed by atoms with E-state index in [0.717, 1.165) is 42.7 Å². The number of nitrogens with zero attached hydrogens (tertiary/aromatic N) is 4. The Balaban J connectivity index is 1.36. The zero-order valence-electron chi connectivity index (χ0n) is 15.0. The minimum Gasteiger partial charge on any atom is -0.497 e. The number of aliphatic imine (C=N–C) groups is 1. The molecule has 0 saturated heterocycles. The Morgan fingerprint density at radius 2 is 1.85 bits per heavy atom. The molecule has 0 aliphatic carbocycles. The van der Waals surface area contributed by atoms with Gasteiger partial charge in [0.1, 0.15) is 23.7 Å². The first kappa shape index (κ1) is 15.8. The Hall–Kier alpha value is -3.41. The van der Waals surface area contributed by atoms with E-state index in [0.29, 0.717) is 0 Å². The van der Waals surface area contributed by atoms with Crippen LogP contribution < -0.4 is 15.0 Å². The molecular formula is C21H19N5O. The Morgan fingerprint density at radius 1 is 0.963 bits per heavy atom. The summed E-state index contributed by atoms with van der Waals surface area (Å²) in [6.45, 7) is 2.43. The smallest absolute Gasteiger partial charge is 0.135 e. The van der Waals surface area contributed by atoms with Crippen molar-refractivity contribution in [2.24, 2.45) is 4.99 Å². The summed E-state index contributed by atoms with van der Waals surface area (Å²) in [5.41, 5.74) is 6.01. The molecule has 134 valence electrons. The largest absolute Gasteiger partial charge is 0.497 e. The van der Waals surface area contributed by atoms with Crippen LogP contribution in [0.2, 0.25) is 0 Å². The van der Waals surface area contributed by atoms with Crippen LogP contribution in [0.5, 0.6) is 5.75 Å². The molecule has 2 aliphatic heterocycles. The van der Waals surface area contributed by atoms with E-state index < -0.39 is 0 Å². The first-order valence-corrected chi connectivity index (χ1v) is 8.91. The van der Waals surface area contributed by atoms with Crippen LogP contribution in [0.4, 0.5) is 17.3 Å². The van der Waals surface area contributed by atoms with Gasteiger partial charge in [-0.2, -0.15) is 0 Å². The molecule has 6 nitrogen and oxygen atoms in total. The molecule has 3 heterocycles. The summed E-state index contributed by atoms with van der Waals surface area (Å²) in [5.74, 6) is 2.58. The van der Waals surface area contributed by atoms with Crippen molar-refractivity contribution in [1.29, 1.82) is 0 Å². The highest BCUT2D eigenvalue weighted by Crippen LogP contribution is 2.30. The van der Waals surface area contributed by atoms with Crippen molar-refractivity contribution in [2.45, 2.75) is 19.6 Å². The molecule has 3 aromatic rings. The summed E-state index contributed by atoms with van der Waals surface area (Å²) in [6.07, 6.45) is 3.53. The first-order valence-electron chi connectivity index (χ1n) is 8.91. The second-order valence-electron chi connectivity index (χ2n) is 6.76. The van der Waals surface area contributed by atoms with Crippen LogP contribution in [-0.4, -0.2) is 23.3 Å². The number of aromatic nitrogens is 2. The van der Waals surface area contributed by atoms with E-state index in [1.165, 1.54) is 22.3 Å². The summed E-state index contributed by atoms with van der Waals surface area (Å²) in [7, 11) is 1.70. The highest BCUT2D eigenvalue weighted by Gasteiger charge is 2.21. The maximum Gasteiger partial charge on any atom is 0.135 e. The van der Waals surface area contributed by atoms with Crippen molar-refractivity contribution >= 4 is 23.5 Å². The fraction of sp³-hybridized carbons (Fsp3) is 0.190. The van der Waals surface area contributed by atoms with Crippen molar-refractivity contribution in [1.82, 2.24) is 9.97 Å². The monoisotopic (exact) mass is 357 g/mol. The molecule has 0 bridgehead atoms. The van der Waals surface area contributed by atoms with Gasteiger partial charge in [-0.1, -0.05) is 12.1 Å². The molecule has 5 rings (SSSR count). The third-order valence-corrected chi connectivity index (χ3v) is 5.02. The molecule has 0 atom stereocenters. The number of ether oxygens (including phenoxy) is 1. The van der Waals surface area contributed by atoms with Crippen LogP contribution >= 0.6 is 0 Å². The van der Waals surface area contributed by atoms with Crippen LogP contribution in [0.25, 0.3) is 0 Å². The molecule has 0 saturated carbocycles. The average Bonchev–Trinajstić information content (AvgIpc) is 3.33. The molecule has 6 heteroatoms. The summed E-state index contributed by atoms with van der Waals surface area (Å²) in [4.78, 5) is 15.4. The van der Waals surface area contributed by atoms with E-state index >= 15 is 0 Å². The lowest BCUT2D eigenvalue weighted by Crippen LogP contribution is -2.16. The summed E-state index contributed by atoms with van der Waals surface area (Å²) in [5, 5.41) is 3.38. The molecule has 0 fully saturated rings. The zero-order valence-corrected chi connectivity index (χ0v) is 15.0. The quantitative estimate of drug-likeness (QED) is 0.772. The fourth-order valence-electron chi connectivity index (χ4n) is 3.58. The van der Waals surface area contributed by atoms with E-state index in [1.54, 1.807) is 13.4 Å². The highest BCUT2D eigenvalue weighted by atomic mass is 16.5. The second-order valence-corrected chi connectivity index (χ2v) is 6.76. The van der Waals surface area contributed by atoms with Crippen molar-refractivity contribution in [2.75, 3.05) is 17.3 Å². The fourth-order valence-corrected chi connectivity index (χ4v) is 3.58. The second kappa shape index (κ2) is 6.39. The van der Waals surface area contributed by atoms with Crippen molar-refractivity contribution in [3.63, 3.8) is 0 Å². The molecule has 0 unspecified atom stereocenters. The van der Waals surface area contributed by atoms with E-state index in [1.807, 2.05) is 18.3 Å². The van der Waals surface area contributed by atoms with Crippen molar-refractivity contribution in [3.05, 3.63) is 71.0 Å². The van der Waals surface area contributed by atoms with Crippen LogP contribution in [0.15, 0.2) is 53.8 Å². The zero-order chi connectivity index (χ0) is 18.2. The van der Waals surface area contributed by atoms with Crippen molar-refractivity contribution in [3.8, 4) is 5.75 Å². The summed E-state index contributed by atoms with van der Waals surface area (Å²) >= 11 is 0. The minimum atomic E-state index is 0.771. The third kappa shape index (κ3) is 2.99. The van der Waals surface area contributed by atoms with Crippen LogP contribution in [0.1, 0.15) is 22.3 Å². The summed E-state index contributed by atoms with van der Waals surface area (Å²) in [6, 6.07) is 14.5. The Labute approximate surface area is 157 Å². The Bertz CT molecular complexity index is 1050. The van der Waals surface area contributed by atoms with Gasteiger partial charge in [-0.3, -0.25) is 4.99 Å². The predicted molar refractivity (Wildman–Crippen MR) is 106 cm³/mol. The first-order chi connectivity index (χ1) is 13.3. The maximum absolute atomic E-state index is 5.33. The van der Waals surface area contributed by atoms with Gasteiger partial charge in [0.05, 0.1) is 13.7 Å². The standard InChI is InChI=1S/C21H19N5O/c1-27-19-5-3-15-11-26(12-17(15)7-19)21-8-20(23-13-24-21)25-18-4-2-14-9-22-10-16(14)6-18/h2-8,10,13H,9,11-12H2,1H3,(H,23,24,25). The number of nitrogens with one attached hydrogen (secondary N) is 1. The Kier molecular flexibility index (Phi) is 3.74. The summed E-state index contributed by atoms with van der Waals surface area (Å²) < 4.78 is 5.33. The van der Waals surface area contributed by atoms with Crippen LogP contribution in [-0.2, 0) is 19.6 Å². The lowest BCUT2D eigenvalue weighted by Gasteiger charge is -2.17. The highest BCUT2D eigenvalue weighted by molar-refractivity contribution is 5.86. The van der Waals surface area contributed by atoms with E-state index in [4.69, 9.17) is 4.74 Å². The number of anilines is 3. The average molecular weight is 357 g/mol. The van der Waals surface area contributed by atoms with Gasteiger partial charge in [-0.05, 0) is 46.5 Å². The molecule has 2 aromatic carbocycles. The number of hydrogen-bond donors (Lipinski definition) is 1. The molecule has 0 amide bonds. The van der Waals surface area contributed by atoms with Gasteiger partial charge in [-0.25, -0.2) is 9.97 Å². The lowest BCUT2D eigenvalue weighted by atomic mass is 10.1. The molecule has 27 heavy (non-hydrogen) atoms. The SMILES string of the molecule is COc1ccc2c(c1)CN(c1cc(Nc3ccc4c(c3)C=NC4)ncn1)C2. The molecule has 0 spiro atoms. The van der Waals surface area contributed by atoms with Gasteiger partial charge < -0.3 is 15.0 Å². The van der Waals surface area contributed by atoms with Gasteiger partial charge in [0.15, 0.2) is 0 Å². The van der Waals surface area contributed by atoms with E-state index in [-0.39, 0.29) is 0 Å². The van der Waals surface area contributed by atoms with Gasteiger partial charge in [-0.15, -0.1) is 0 Å². The van der Waals surface area contributed by atoms with Gasteiger partial charge in [0.25, 0.3) is 0 Å². The lowest BCUT2D eigenvalue weighted by molar-refractivity contribution is 0.414. The minimum absolute atomic E-state index is 0.771. The van der Waals surface area contributed by atoms with Crippen molar-refractivity contribution < 1.29 is 4.74 Å². The number of rotatable bonds is 4. The van der Waals surface area contributed by atoms with Gasteiger partial charge in [0.2, 0.25) is 0 Å². The van der Waals surface area contributed by atoms with Crippen LogP contribution in [0, 0.1) is 0 Å².